The van der Waals surface area contributed by atoms with E-state index >= 15 is 0 Å². The number of aromatic nitrogens is 3. The summed E-state index contributed by atoms with van der Waals surface area (Å²) in [7, 11) is 0. The Balaban J connectivity index is 1.62. The van der Waals surface area contributed by atoms with Crippen LogP contribution in [0.15, 0.2) is 30.7 Å². The molecule has 5 nitrogen and oxygen atoms in total. The van der Waals surface area contributed by atoms with Gasteiger partial charge in [0.2, 0.25) is 5.91 Å². The minimum Gasteiger partial charge on any atom is -0.342 e. The molecule has 2 fully saturated rings. The lowest BCUT2D eigenvalue weighted by Crippen LogP contribution is -2.39. The summed E-state index contributed by atoms with van der Waals surface area (Å²) in [6.45, 7) is 8.12. The normalized spacial score (nSPS) is 18.6. The van der Waals surface area contributed by atoms with E-state index in [1.807, 2.05) is 30.7 Å². The maximum Gasteiger partial charge on any atom is 0.225 e. The highest BCUT2D eigenvalue weighted by Gasteiger charge is 2.36. The lowest BCUT2D eigenvalue weighted by atomic mass is 9.88. The average Bonchev–Trinajstić information content (AvgIpc) is 3.52. The van der Waals surface area contributed by atoms with Crippen molar-refractivity contribution in [3.63, 3.8) is 0 Å². The van der Waals surface area contributed by atoms with Crippen molar-refractivity contribution >= 4 is 5.91 Å². The largest absolute Gasteiger partial charge is 0.342 e. The fraction of sp³-hybridized carbons (Fsp3) is 0.545. The van der Waals surface area contributed by atoms with E-state index in [9.17, 15) is 4.79 Å². The zero-order valence-electron chi connectivity index (χ0n) is 16.5. The lowest BCUT2D eigenvalue weighted by Gasteiger charge is -2.33. The van der Waals surface area contributed by atoms with E-state index < -0.39 is 0 Å². The topological polar surface area (TPSA) is 59.0 Å². The van der Waals surface area contributed by atoms with Crippen molar-refractivity contribution in [3.8, 4) is 11.1 Å². The van der Waals surface area contributed by atoms with Crippen molar-refractivity contribution in [1.29, 1.82) is 0 Å². The van der Waals surface area contributed by atoms with Gasteiger partial charge < -0.3 is 4.90 Å². The van der Waals surface area contributed by atoms with Gasteiger partial charge >= 0.3 is 0 Å². The maximum absolute atomic E-state index is 12.4. The first-order valence-corrected chi connectivity index (χ1v) is 10.00. The number of hydrogen-bond acceptors (Lipinski definition) is 4. The molecule has 4 rings (SSSR count). The molecule has 0 radical (unpaired) electrons. The second-order valence-electron chi connectivity index (χ2n) is 8.85. The van der Waals surface area contributed by atoms with Gasteiger partial charge in [0, 0.05) is 54.5 Å². The predicted octanol–water partition coefficient (Wildman–Crippen LogP) is 3.95. The van der Waals surface area contributed by atoms with Gasteiger partial charge in [-0.15, -0.1) is 0 Å². The van der Waals surface area contributed by atoms with Crippen LogP contribution in [0.1, 0.15) is 63.9 Å². The van der Waals surface area contributed by atoms with Crippen LogP contribution in [0.5, 0.6) is 0 Å². The van der Waals surface area contributed by atoms with Gasteiger partial charge in [0.15, 0.2) is 0 Å². The Morgan fingerprint density at radius 2 is 1.74 bits per heavy atom. The fourth-order valence-corrected chi connectivity index (χ4v) is 3.78. The molecule has 27 heavy (non-hydrogen) atoms. The van der Waals surface area contributed by atoms with Crippen molar-refractivity contribution in [3.05, 3.63) is 42.2 Å². The molecular formula is C22H28N4O. The first-order valence-electron chi connectivity index (χ1n) is 10.00. The van der Waals surface area contributed by atoms with Gasteiger partial charge in [-0.2, -0.15) is 0 Å². The maximum atomic E-state index is 12.4. The monoisotopic (exact) mass is 364 g/mol. The number of rotatable bonds is 3. The summed E-state index contributed by atoms with van der Waals surface area (Å²) in [5.41, 5.74) is 3.24. The molecule has 1 aliphatic carbocycles. The highest BCUT2D eigenvalue weighted by Crippen LogP contribution is 2.37. The summed E-state index contributed by atoms with van der Waals surface area (Å²) in [4.78, 5) is 28.3. The molecule has 0 unspecified atom stereocenters. The number of carbonyl (C=O) groups is 1. The van der Waals surface area contributed by atoms with Crippen LogP contribution in [0.3, 0.4) is 0 Å². The number of carbonyl (C=O) groups excluding carboxylic acids is 1. The van der Waals surface area contributed by atoms with Crippen molar-refractivity contribution in [1.82, 2.24) is 19.9 Å². The van der Waals surface area contributed by atoms with Gasteiger partial charge in [-0.05, 0) is 43.4 Å². The number of hydrogen-bond donors (Lipinski definition) is 0. The van der Waals surface area contributed by atoms with E-state index in [4.69, 9.17) is 4.98 Å². The molecule has 0 aromatic carbocycles. The van der Waals surface area contributed by atoms with Crippen LogP contribution in [0.4, 0.5) is 0 Å². The predicted molar refractivity (Wildman–Crippen MR) is 105 cm³/mol. The Kier molecular flexibility index (Phi) is 4.70. The van der Waals surface area contributed by atoms with Gasteiger partial charge in [0.1, 0.15) is 5.82 Å². The smallest absolute Gasteiger partial charge is 0.225 e. The first kappa shape index (κ1) is 18.1. The molecular weight excluding hydrogens is 336 g/mol. The van der Waals surface area contributed by atoms with Crippen molar-refractivity contribution in [2.75, 3.05) is 13.1 Å². The number of amides is 1. The summed E-state index contributed by atoms with van der Waals surface area (Å²) >= 11 is 0. The van der Waals surface area contributed by atoms with Crippen molar-refractivity contribution in [2.24, 2.45) is 5.92 Å². The molecule has 2 aromatic rings. The summed E-state index contributed by atoms with van der Waals surface area (Å²) in [6.07, 6.45) is 9.69. The summed E-state index contributed by atoms with van der Waals surface area (Å²) in [6, 6.07) is 4.04. The molecule has 0 spiro atoms. The van der Waals surface area contributed by atoms with Crippen LogP contribution >= 0.6 is 0 Å². The Morgan fingerprint density at radius 3 is 2.33 bits per heavy atom. The Labute approximate surface area is 161 Å². The molecule has 0 bridgehead atoms. The fourth-order valence-electron chi connectivity index (χ4n) is 3.78. The van der Waals surface area contributed by atoms with E-state index in [-0.39, 0.29) is 5.41 Å². The minimum atomic E-state index is -0.0891. The van der Waals surface area contributed by atoms with E-state index in [2.05, 4.69) is 35.6 Å². The third-order valence-electron chi connectivity index (χ3n) is 5.60. The van der Waals surface area contributed by atoms with Crippen LogP contribution in [0.25, 0.3) is 11.1 Å². The van der Waals surface area contributed by atoms with E-state index in [1.54, 1.807) is 0 Å². The van der Waals surface area contributed by atoms with Crippen molar-refractivity contribution < 1.29 is 4.79 Å². The lowest BCUT2D eigenvalue weighted by molar-refractivity contribution is -0.133. The molecule has 3 heterocycles. The van der Waals surface area contributed by atoms with Gasteiger partial charge in [-0.25, -0.2) is 9.97 Å². The number of piperidine rings is 1. The summed E-state index contributed by atoms with van der Waals surface area (Å²) in [5, 5.41) is 0. The highest BCUT2D eigenvalue weighted by molar-refractivity contribution is 5.81. The molecule has 1 amide bonds. The Morgan fingerprint density at radius 1 is 1.07 bits per heavy atom. The first-order chi connectivity index (χ1) is 12.9. The highest BCUT2D eigenvalue weighted by atomic mass is 16.2. The van der Waals surface area contributed by atoms with Crippen LogP contribution in [0, 0.1) is 5.92 Å². The summed E-state index contributed by atoms with van der Waals surface area (Å²) < 4.78 is 0. The molecule has 0 atom stereocenters. The van der Waals surface area contributed by atoms with Crippen LogP contribution in [0.2, 0.25) is 0 Å². The zero-order valence-corrected chi connectivity index (χ0v) is 16.5. The molecule has 2 aromatic heterocycles. The minimum absolute atomic E-state index is 0.0891. The second kappa shape index (κ2) is 7.02. The number of likely N-dealkylation sites (tertiary alicyclic amines) is 1. The van der Waals surface area contributed by atoms with E-state index in [0.717, 1.165) is 61.4 Å². The molecule has 2 aliphatic rings. The second-order valence-corrected chi connectivity index (χ2v) is 8.85. The molecule has 5 heteroatoms. The third-order valence-corrected chi connectivity index (χ3v) is 5.60. The van der Waals surface area contributed by atoms with Crippen molar-refractivity contribution in [2.45, 2.75) is 57.8 Å². The van der Waals surface area contributed by atoms with Crippen LogP contribution in [-0.2, 0) is 10.2 Å². The van der Waals surface area contributed by atoms with E-state index in [1.165, 1.54) is 0 Å². The van der Waals surface area contributed by atoms with Gasteiger partial charge in [0.25, 0.3) is 0 Å². The quantitative estimate of drug-likeness (QED) is 0.827. The molecule has 1 saturated carbocycles. The number of nitrogens with zero attached hydrogens (tertiary/aromatic N) is 4. The molecule has 1 saturated heterocycles. The van der Waals surface area contributed by atoms with Crippen LogP contribution < -0.4 is 0 Å². The van der Waals surface area contributed by atoms with E-state index in [0.29, 0.717) is 17.7 Å². The number of pyridine rings is 1. The standard InChI is InChI=1S/C22H28N4O/c1-22(2,3)21-24-14-18(15-6-10-23-11-7-15)19(25-21)16-8-12-26(13-9-16)20(27)17-4-5-17/h6-7,10-11,14,16-17H,4-5,8-9,12-13H2,1-3H3. The average molecular weight is 364 g/mol. The third kappa shape index (κ3) is 3.87. The van der Waals surface area contributed by atoms with Gasteiger partial charge in [-0.1, -0.05) is 20.8 Å². The molecule has 142 valence electrons. The summed E-state index contributed by atoms with van der Waals surface area (Å²) in [5.74, 6) is 1.91. The zero-order chi connectivity index (χ0) is 19.0. The SMILES string of the molecule is CC(C)(C)c1ncc(-c2ccncc2)c(C2CCN(C(=O)C3CC3)CC2)n1. The van der Waals surface area contributed by atoms with Gasteiger partial charge in [0.05, 0.1) is 5.69 Å². The molecule has 1 aliphatic heterocycles. The van der Waals surface area contributed by atoms with Gasteiger partial charge in [-0.3, -0.25) is 9.78 Å². The van der Waals surface area contributed by atoms with Crippen LogP contribution in [-0.4, -0.2) is 38.8 Å². The Bertz CT molecular complexity index is 816. The molecule has 0 N–H and O–H groups in total. The Hall–Kier alpha value is -2.30.